The topological polar surface area (TPSA) is 57.6 Å². The summed E-state index contributed by atoms with van der Waals surface area (Å²) in [5.74, 6) is -0.0579. The van der Waals surface area contributed by atoms with E-state index in [-0.39, 0.29) is 5.91 Å². The molecule has 0 saturated carbocycles. The first-order valence-electron chi connectivity index (χ1n) is 6.88. The molecule has 2 rings (SSSR count). The van der Waals surface area contributed by atoms with E-state index in [1.54, 1.807) is 18.2 Å². The number of hydrogen-bond donors (Lipinski definition) is 1. The first kappa shape index (κ1) is 15.6. The van der Waals surface area contributed by atoms with Crippen LogP contribution >= 0.6 is 11.6 Å². The molecule has 1 aliphatic rings. The minimum Gasteiger partial charge on any atom is -0.478 e. The predicted molar refractivity (Wildman–Crippen MR) is 82.4 cm³/mol. The van der Waals surface area contributed by atoms with Crippen molar-refractivity contribution in [2.45, 2.75) is 13.8 Å². The lowest BCUT2D eigenvalue weighted by molar-refractivity contribution is -0.131. The molecule has 1 N–H and O–H groups in total. The third kappa shape index (κ3) is 3.64. The van der Waals surface area contributed by atoms with E-state index in [1.807, 2.05) is 4.90 Å². The van der Waals surface area contributed by atoms with E-state index in [4.69, 9.17) is 16.7 Å². The van der Waals surface area contributed by atoms with Gasteiger partial charge < -0.3 is 10.0 Å². The van der Waals surface area contributed by atoms with Gasteiger partial charge in [-0.1, -0.05) is 31.5 Å². The monoisotopic (exact) mass is 307 g/mol. The predicted octanol–water partition coefficient (Wildman–Crippen LogP) is 3.17. The Hall–Kier alpha value is -1.81. The summed E-state index contributed by atoms with van der Waals surface area (Å²) in [4.78, 5) is 24.8. The van der Waals surface area contributed by atoms with E-state index in [2.05, 4.69) is 13.8 Å². The van der Waals surface area contributed by atoms with Crippen LogP contribution in [-0.2, 0) is 4.79 Å². The molecule has 5 heteroatoms. The Morgan fingerprint density at radius 3 is 2.43 bits per heavy atom. The number of amides is 1. The number of rotatable bonds is 3. The van der Waals surface area contributed by atoms with E-state index in [0.717, 1.165) is 19.2 Å². The second kappa shape index (κ2) is 6.31. The summed E-state index contributed by atoms with van der Waals surface area (Å²) in [5, 5.41) is 8.98. The van der Waals surface area contributed by atoms with Gasteiger partial charge in [0, 0.05) is 29.8 Å². The third-order valence-electron chi connectivity index (χ3n) is 3.93. The van der Waals surface area contributed by atoms with Gasteiger partial charge in [-0.2, -0.15) is 0 Å². The molecule has 0 bridgehead atoms. The number of benzene rings is 1. The van der Waals surface area contributed by atoms with Crippen LogP contribution in [0.4, 0.5) is 0 Å². The van der Waals surface area contributed by atoms with Crippen molar-refractivity contribution in [2.75, 3.05) is 13.1 Å². The molecule has 0 radical (unpaired) electrons. The molecular weight excluding hydrogens is 290 g/mol. The zero-order chi connectivity index (χ0) is 15.6. The summed E-state index contributed by atoms with van der Waals surface area (Å²) in [6.45, 7) is 5.81. The maximum absolute atomic E-state index is 12.4. The van der Waals surface area contributed by atoms with Crippen molar-refractivity contribution in [1.82, 2.24) is 4.90 Å². The average molecular weight is 308 g/mol. The van der Waals surface area contributed by atoms with Gasteiger partial charge in [0.1, 0.15) is 0 Å². The highest BCUT2D eigenvalue weighted by Crippen LogP contribution is 2.25. The molecule has 2 atom stereocenters. The summed E-state index contributed by atoms with van der Waals surface area (Å²) in [6.07, 6.45) is 2.44. The van der Waals surface area contributed by atoms with Crippen molar-refractivity contribution in [2.24, 2.45) is 11.8 Å². The number of hydrogen-bond acceptors (Lipinski definition) is 2. The Balaban J connectivity index is 2.16. The van der Waals surface area contributed by atoms with Crippen molar-refractivity contribution in [3.05, 3.63) is 40.4 Å². The van der Waals surface area contributed by atoms with E-state index >= 15 is 0 Å². The maximum Gasteiger partial charge on any atom is 0.328 e. The molecular formula is C16H18ClNO3. The van der Waals surface area contributed by atoms with Crippen LogP contribution in [0.3, 0.4) is 0 Å². The lowest BCUT2D eigenvalue weighted by Crippen LogP contribution is -2.28. The zero-order valence-electron chi connectivity index (χ0n) is 12.0. The van der Waals surface area contributed by atoms with E-state index in [0.29, 0.717) is 28.0 Å². The second-order valence-electron chi connectivity index (χ2n) is 5.57. The minimum absolute atomic E-state index is 0.0261. The van der Waals surface area contributed by atoms with Crippen LogP contribution in [0, 0.1) is 11.8 Å². The van der Waals surface area contributed by atoms with Crippen LogP contribution in [0.25, 0.3) is 6.08 Å². The SMILES string of the molecule is CC1CN(C(=O)c2ccc(/C=C/C(=O)O)c(Cl)c2)CC1C. The molecule has 0 aliphatic carbocycles. The lowest BCUT2D eigenvalue weighted by atomic mass is 10.0. The van der Waals surface area contributed by atoms with Gasteiger partial charge in [0.25, 0.3) is 5.91 Å². The van der Waals surface area contributed by atoms with Crippen molar-refractivity contribution in [1.29, 1.82) is 0 Å². The standard InChI is InChI=1S/C16H18ClNO3/c1-10-8-18(9-11(10)2)16(21)13-4-3-12(14(17)7-13)5-6-15(19)20/h3-7,10-11H,8-9H2,1-2H3,(H,19,20)/b6-5+. The first-order valence-corrected chi connectivity index (χ1v) is 7.26. The number of nitrogens with zero attached hydrogens (tertiary/aromatic N) is 1. The summed E-state index contributed by atoms with van der Waals surface area (Å²) < 4.78 is 0. The fourth-order valence-corrected chi connectivity index (χ4v) is 2.68. The lowest BCUT2D eigenvalue weighted by Gasteiger charge is -2.16. The number of carboxylic acid groups (broad SMARTS) is 1. The Kier molecular flexibility index (Phi) is 4.68. The first-order chi connectivity index (χ1) is 9.88. The molecule has 4 nitrogen and oxygen atoms in total. The fraction of sp³-hybridized carbons (Fsp3) is 0.375. The van der Waals surface area contributed by atoms with Gasteiger partial charge in [0.2, 0.25) is 0 Å². The number of carbonyl (C=O) groups is 2. The van der Waals surface area contributed by atoms with Crippen LogP contribution in [-0.4, -0.2) is 35.0 Å². The average Bonchev–Trinajstić information content (AvgIpc) is 2.76. The summed E-state index contributed by atoms with van der Waals surface area (Å²) >= 11 is 6.11. The number of carboxylic acids is 1. The maximum atomic E-state index is 12.4. The van der Waals surface area contributed by atoms with Gasteiger partial charge in [-0.05, 0) is 35.6 Å². The summed E-state index contributed by atoms with van der Waals surface area (Å²) in [7, 11) is 0. The highest BCUT2D eigenvalue weighted by Gasteiger charge is 2.29. The van der Waals surface area contributed by atoms with Gasteiger partial charge >= 0.3 is 5.97 Å². The molecule has 2 unspecified atom stereocenters. The molecule has 112 valence electrons. The molecule has 1 aromatic rings. The molecule has 1 heterocycles. The van der Waals surface area contributed by atoms with Crippen molar-refractivity contribution < 1.29 is 14.7 Å². The van der Waals surface area contributed by atoms with Crippen LogP contribution < -0.4 is 0 Å². The molecule has 1 aromatic carbocycles. The van der Waals surface area contributed by atoms with Gasteiger partial charge in [-0.15, -0.1) is 0 Å². The number of aliphatic carboxylic acids is 1. The number of carbonyl (C=O) groups excluding carboxylic acids is 1. The van der Waals surface area contributed by atoms with Gasteiger partial charge in [0.15, 0.2) is 0 Å². The van der Waals surface area contributed by atoms with Crippen LogP contribution in [0.5, 0.6) is 0 Å². The highest BCUT2D eigenvalue weighted by molar-refractivity contribution is 6.32. The van der Waals surface area contributed by atoms with E-state index in [1.165, 1.54) is 6.08 Å². The van der Waals surface area contributed by atoms with Crippen LogP contribution in [0.15, 0.2) is 24.3 Å². The van der Waals surface area contributed by atoms with Crippen LogP contribution in [0.2, 0.25) is 5.02 Å². The van der Waals surface area contributed by atoms with Gasteiger partial charge in [-0.25, -0.2) is 4.79 Å². The Labute approximate surface area is 129 Å². The molecule has 1 fully saturated rings. The summed E-state index contributed by atoms with van der Waals surface area (Å²) in [5.41, 5.74) is 1.12. The molecule has 0 spiro atoms. The van der Waals surface area contributed by atoms with Crippen LogP contribution in [0.1, 0.15) is 29.8 Å². The van der Waals surface area contributed by atoms with E-state index < -0.39 is 5.97 Å². The quantitative estimate of drug-likeness (QED) is 0.873. The zero-order valence-corrected chi connectivity index (χ0v) is 12.8. The Morgan fingerprint density at radius 2 is 1.90 bits per heavy atom. The van der Waals surface area contributed by atoms with Gasteiger partial charge in [0.05, 0.1) is 0 Å². The minimum atomic E-state index is -1.04. The summed E-state index contributed by atoms with van der Waals surface area (Å²) in [6, 6.07) is 4.94. The van der Waals surface area contributed by atoms with E-state index in [9.17, 15) is 9.59 Å². The number of halogens is 1. The van der Waals surface area contributed by atoms with Crippen molar-refractivity contribution in [3.63, 3.8) is 0 Å². The molecule has 21 heavy (non-hydrogen) atoms. The Morgan fingerprint density at radius 1 is 1.29 bits per heavy atom. The Bertz CT molecular complexity index is 587. The second-order valence-corrected chi connectivity index (χ2v) is 5.98. The molecule has 1 saturated heterocycles. The molecule has 1 aliphatic heterocycles. The number of likely N-dealkylation sites (tertiary alicyclic amines) is 1. The molecule has 1 amide bonds. The fourth-order valence-electron chi connectivity index (χ4n) is 2.43. The normalized spacial score (nSPS) is 22.0. The van der Waals surface area contributed by atoms with Crippen molar-refractivity contribution in [3.8, 4) is 0 Å². The smallest absolute Gasteiger partial charge is 0.328 e. The highest BCUT2D eigenvalue weighted by atomic mass is 35.5. The third-order valence-corrected chi connectivity index (χ3v) is 4.26. The largest absolute Gasteiger partial charge is 0.478 e. The van der Waals surface area contributed by atoms with Crippen molar-refractivity contribution >= 4 is 29.6 Å². The van der Waals surface area contributed by atoms with Gasteiger partial charge in [-0.3, -0.25) is 4.79 Å². The molecule has 0 aromatic heterocycles.